The van der Waals surface area contributed by atoms with E-state index in [9.17, 15) is 24.0 Å². The van der Waals surface area contributed by atoms with Gasteiger partial charge in [-0.25, -0.2) is 4.79 Å². The molecule has 4 N–H and O–H groups in total. The van der Waals surface area contributed by atoms with Crippen molar-refractivity contribution in [2.45, 2.75) is 77.1 Å². The Labute approximate surface area is 211 Å². The zero-order valence-corrected chi connectivity index (χ0v) is 21.5. The second kappa shape index (κ2) is 12.4. The topological polar surface area (TPSA) is 157 Å². The molecule has 1 aromatic carbocycles. The first-order valence-electron chi connectivity index (χ1n) is 11.8. The number of alkyl carbamates (subject to hydrolysis) is 1. The highest BCUT2D eigenvalue weighted by Gasteiger charge is 2.44. The molecule has 0 saturated heterocycles. The molecule has 1 fully saturated rings. The summed E-state index contributed by atoms with van der Waals surface area (Å²) in [6.07, 6.45) is 0.263. The Balaban J connectivity index is 2.43. The number of nitrogens with zero attached hydrogens (tertiary/aromatic N) is 1. The predicted molar refractivity (Wildman–Crippen MR) is 130 cm³/mol. The van der Waals surface area contributed by atoms with E-state index in [2.05, 4.69) is 15.4 Å². The fourth-order valence-corrected chi connectivity index (χ4v) is 3.65. The first-order chi connectivity index (χ1) is 16.8. The lowest BCUT2D eigenvalue weighted by Crippen LogP contribution is -2.54. The first kappa shape index (κ1) is 28.6. The number of rotatable bonds is 11. The number of amides is 4. The van der Waals surface area contributed by atoms with Gasteiger partial charge in [-0.15, -0.1) is 0 Å². The summed E-state index contributed by atoms with van der Waals surface area (Å²) >= 11 is 0. The van der Waals surface area contributed by atoms with Gasteiger partial charge in [-0.1, -0.05) is 29.8 Å². The van der Waals surface area contributed by atoms with Gasteiger partial charge in [-0.3, -0.25) is 19.2 Å². The minimum atomic E-state index is -1.16. The van der Waals surface area contributed by atoms with E-state index in [-0.39, 0.29) is 25.4 Å². The molecule has 0 radical (unpaired) electrons. The van der Waals surface area contributed by atoms with Crippen LogP contribution in [0.25, 0.3) is 0 Å². The largest absolute Gasteiger partial charge is 0.468 e. The summed E-state index contributed by atoms with van der Waals surface area (Å²) in [6.45, 7) is 6.54. The van der Waals surface area contributed by atoms with Crippen molar-refractivity contribution < 1.29 is 33.4 Å². The van der Waals surface area contributed by atoms with E-state index in [0.717, 1.165) is 5.56 Å². The van der Waals surface area contributed by atoms with Gasteiger partial charge in [0, 0.05) is 12.5 Å². The van der Waals surface area contributed by atoms with Crippen molar-refractivity contribution in [2.75, 3.05) is 13.7 Å². The zero-order valence-electron chi connectivity index (χ0n) is 21.5. The van der Waals surface area contributed by atoms with Crippen LogP contribution in [-0.4, -0.2) is 66.0 Å². The lowest BCUT2D eigenvalue weighted by molar-refractivity contribution is -0.145. The van der Waals surface area contributed by atoms with Gasteiger partial charge in [0.1, 0.15) is 24.2 Å². The minimum Gasteiger partial charge on any atom is -0.468 e. The molecule has 2 atom stereocenters. The third kappa shape index (κ3) is 8.86. The number of esters is 1. The van der Waals surface area contributed by atoms with Crippen LogP contribution in [0.4, 0.5) is 4.79 Å². The number of benzene rings is 1. The maximum atomic E-state index is 13.9. The number of carbonyl (C=O) groups excluding carboxylic acids is 5. The van der Waals surface area contributed by atoms with Crippen LogP contribution in [-0.2, 0) is 28.7 Å². The van der Waals surface area contributed by atoms with Crippen molar-refractivity contribution >= 4 is 29.8 Å². The highest BCUT2D eigenvalue weighted by atomic mass is 16.6. The summed E-state index contributed by atoms with van der Waals surface area (Å²) in [5.41, 5.74) is 5.91. The highest BCUT2D eigenvalue weighted by molar-refractivity contribution is 5.94. The molecule has 198 valence electrons. The zero-order chi connectivity index (χ0) is 27.0. The van der Waals surface area contributed by atoms with E-state index in [1.165, 1.54) is 12.0 Å². The van der Waals surface area contributed by atoms with Crippen molar-refractivity contribution in [1.29, 1.82) is 0 Å². The number of hydrogen-bond acceptors (Lipinski definition) is 7. The molecule has 11 heteroatoms. The Morgan fingerprint density at radius 2 is 1.83 bits per heavy atom. The Morgan fingerprint density at radius 1 is 1.17 bits per heavy atom. The van der Waals surface area contributed by atoms with Crippen molar-refractivity contribution in [1.82, 2.24) is 15.5 Å². The molecule has 2 rings (SSSR count). The number of nitrogens with two attached hydrogens (primary N) is 1. The third-order valence-corrected chi connectivity index (χ3v) is 5.38. The number of aryl methyl sites for hydroxylation is 1. The van der Waals surface area contributed by atoms with Crippen LogP contribution in [0, 0.1) is 6.92 Å². The van der Waals surface area contributed by atoms with Crippen molar-refractivity contribution in [3.63, 3.8) is 0 Å². The normalized spacial score (nSPS) is 14.7. The maximum absolute atomic E-state index is 13.9. The van der Waals surface area contributed by atoms with Crippen LogP contribution < -0.4 is 16.4 Å². The SMILES string of the molecule is COC(=O)CNC(=O)C(c1cccc(C)c1)N(C(=O)C(CCC(N)=O)NC(=O)OC(C)(C)C)C1CC1. The summed E-state index contributed by atoms with van der Waals surface area (Å²) in [7, 11) is 1.21. The Bertz CT molecular complexity index is 985. The molecule has 36 heavy (non-hydrogen) atoms. The van der Waals surface area contributed by atoms with Gasteiger partial charge in [-0.05, 0) is 52.5 Å². The summed E-state index contributed by atoms with van der Waals surface area (Å²) in [5.74, 6) is -2.40. The van der Waals surface area contributed by atoms with E-state index >= 15 is 0 Å². The lowest BCUT2D eigenvalue weighted by Gasteiger charge is -2.34. The van der Waals surface area contributed by atoms with E-state index in [0.29, 0.717) is 18.4 Å². The summed E-state index contributed by atoms with van der Waals surface area (Å²) in [4.78, 5) is 64.3. The summed E-state index contributed by atoms with van der Waals surface area (Å²) in [5, 5.41) is 5.08. The second-order valence-corrected chi connectivity index (χ2v) is 9.79. The Morgan fingerprint density at radius 3 is 2.36 bits per heavy atom. The molecule has 4 amide bonds. The highest BCUT2D eigenvalue weighted by Crippen LogP contribution is 2.36. The summed E-state index contributed by atoms with van der Waals surface area (Å²) < 4.78 is 9.91. The third-order valence-electron chi connectivity index (χ3n) is 5.38. The number of methoxy groups -OCH3 is 1. The van der Waals surface area contributed by atoms with Crippen LogP contribution in [0.15, 0.2) is 24.3 Å². The van der Waals surface area contributed by atoms with Crippen molar-refractivity contribution in [2.24, 2.45) is 5.73 Å². The molecule has 2 unspecified atom stereocenters. The molecular formula is C25H36N4O7. The molecule has 0 bridgehead atoms. The van der Waals surface area contributed by atoms with Gasteiger partial charge >= 0.3 is 12.1 Å². The van der Waals surface area contributed by atoms with Crippen LogP contribution >= 0.6 is 0 Å². The fraction of sp³-hybridized carbons (Fsp3) is 0.560. The van der Waals surface area contributed by atoms with Crippen LogP contribution in [0.3, 0.4) is 0 Å². The average Bonchev–Trinajstić information content (AvgIpc) is 3.61. The van der Waals surface area contributed by atoms with Gasteiger partial charge in [0.2, 0.25) is 17.7 Å². The minimum absolute atomic E-state index is 0.0685. The average molecular weight is 505 g/mol. The monoisotopic (exact) mass is 504 g/mol. The molecule has 0 aliphatic heterocycles. The number of carbonyl (C=O) groups is 5. The van der Waals surface area contributed by atoms with Crippen molar-refractivity contribution in [3.05, 3.63) is 35.4 Å². The first-order valence-corrected chi connectivity index (χ1v) is 11.8. The predicted octanol–water partition coefficient (Wildman–Crippen LogP) is 1.48. The second-order valence-electron chi connectivity index (χ2n) is 9.79. The number of hydrogen-bond donors (Lipinski definition) is 3. The molecule has 11 nitrogen and oxygen atoms in total. The molecule has 1 aliphatic carbocycles. The lowest BCUT2D eigenvalue weighted by atomic mass is 9.99. The Hall–Kier alpha value is -3.63. The van der Waals surface area contributed by atoms with Crippen LogP contribution in [0.2, 0.25) is 0 Å². The molecule has 1 saturated carbocycles. The number of ether oxygens (including phenoxy) is 2. The van der Waals surface area contributed by atoms with E-state index in [4.69, 9.17) is 10.5 Å². The molecule has 1 aliphatic rings. The summed E-state index contributed by atoms with van der Waals surface area (Å²) in [6, 6.07) is 4.63. The van der Waals surface area contributed by atoms with Crippen LogP contribution in [0.5, 0.6) is 0 Å². The number of primary amides is 1. The van der Waals surface area contributed by atoms with Gasteiger partial charge in [0.05, 0.1) is 7.11 Å². The van der Waals surface area contributed by atoms with Gasteiger partial charge in [0.15, 0.2) is 0 Å². The molecule has 0 heterocycles. The van der Waals surface area contributed by atoms with E-state index in [1.807, 2.05) is 13.0 Å². The Kier molecular flexibility index (Phi) is 9.83. The quantitative estimate of drug-likeness (QED) is 0.385. The van der Waals surface area contributed by atoms with Gasteiger partial charge in [-0.2, -0.15) is 0 Å². The number of nitrogens with one attached hydrogen (secondary N) is 2. The van der Waals surface area contributed by atoms with Gasteiger partial charge in [0.25, 0.3) is 0 Å². The van der Waals surface area contributed by atoms with Crippen molar-refractivity contribution in [3.8, 4) is 0 Å². The maximum Gasteiger partial charge on any atom is 0.408 e. The van der Waals surface area contributed by atoms with Gasteiger partial charge < -0.3 is 30.7 Å². The smallest absolute Gasteiger partial charge is 0.408 e. The fourth-order valence-electron chi connectivity index (χ4n) is 3.65. The van der Waals surface area contributed by atoms with E-state index in [1.54, 1.807) is 39.0 Å². The molecular weight excluding hydrogens is 468 g/mol. The van der Waals surface area contributed by atoms with E-state index < -0.39 is 47.5 Å². The molecule has 0 aromatic heterocycles. The molecule has 1 aromatic rings. The standard InChI is InChI=1S/C25H36N4O7/c1-15-7-6-8-16(13-15)21(22(32)27-14-20(31)35-5)29(17-9-10-17)23(33)18(11-12-19(26)30)28-24(34)36-25(2,3)4/h6-8,13,17-18,21H,9-12,14H2,1-5H3,(H2,26,30)(H,27,32)(H,28,34). The van der Waals surface area contributed by atoms with Crippen LogP contribution in [0.1, 0.15) is 63.6 Å². The molecule has 0 spiro atoms.